The maximum absolute atomic E-state index is 12.5. The fraction of sp³-hybridized carbons (Fsp3) is 0.200. The van der Waals surface area contributed by atoms with Gasteiger partial charge in [-0.15, -0.1) is 0 Å². The van der Waals surface area contributed by atoms with Gasteiger partial charge in [0, 0.05) is 17.4 Å². The van der Waals surface area contributed by atoms with Crippen molar-refractivity contribution < 1.29 is 13.2 Å². The lowest BCUT2D eigenvalue weighted by molar-refractivity contribution is -0.137. The van der Waals surface area contributed by atoms with Crippen LogP contribution in [0.1, 0.15) is 24.1 Å². The first-order valence-corrected chi connectivity index (χ1v) is 6.15. The van der Waals surface area contributed by atoms with E-state index in [-0.39, 0.29) is 6.04 Å². The van der Waals surface area contributed by atoms with E-state index in [0.29, 0.717) is 11.4 Å². The van der Waals surface area contributed by atoms with Gasteiger partial charge >= 0.3 is 6.18 Å². The number of halogens is 3. The van der Waals surface area contributed by atoms with Gasteiger partial charge in [-0.05, 0) is 48.9 Å². The number of alkyl halides is 3. The molecule has 0 aliphatic heterocycles. The van der Waals surface area contributed by atoms with Crippen molar-refractivity contribution in [3.63, 3.8) is 0 Å². The molecule has 5 heteroatoms. The summed E-state index contributed by atoms with van der Waals surface area (Å²) in [6, 6.07) is 12.3. The van der Waals surface area contributed by atoms with Crippen LogP contribution in [-0.4, -0.2) is 0 Å². The standard InChI is InChI=1S/C15H15F3N2/c1-10(11-2-6-13(19)7-3-11)20-14-8-4-12(5-9-14)15(16,17)18/h2-10,20H,19H2,1H3. The Hall–Kier alpha value is -2.17. The quantitative estimate of drug-likeness (QED) is 0.814. The summed E-state index contributed by atoms with van der Waals surface area (Å²) in [7, 11) is 0. The third-order valence-electron chi connectivity index (χ3n) is 3.03. The molecule has 2 nitrogen and oxygen atoms in total. The van der Waals surface area contributed by atoms with Crippen LogP contribution >= 0.6 is 0 Å². The number of nitrogens with one attached hydrogen (secondary N) is 1. The molecule has 0 bridgehead atoms. The van der Waals surface area contributed by atoms with Crippen LogP contribution in [0.4, 0.5) is 24.5 Å². The van der Waals surface area contributed by atoms with Crippen molar-refractivity contribution in [2.24, 2.45) is 0 Å². The summed E-state index contributed by atoms with van der Waals surface area (Å²) in [5, 5.41) is 3.15. The van der Waals surface area contributed by atoms with E-state index >= 15 is 0 Å². The third-order valence-corrected chi connectivity index (χ3v) is 3.03. The largest absolute Gasteiger partial charge is 0.416 e. The molecule has 0 fully saturated rings. The first-order chi connectivity index (χ1) is 9.36. The van der Waals surface area contributed by atoms with Crippen molar-refractivity contribution in [2.45, 2.75) is 19.1 Å². The molecule has 2 aromatic rings. The van der Waals surface area contributed by atoms with Crippen LogP contribution in [0.2, 0.25) is 0 Å². The second kappa shape index (κ2) is 5.45. The van der Waals surface area contributed by atoms with Gasteiger partial charge in [-0.3, -0.25) is 0 Å². The van der Waals surface area contributed by atoms with Crippen LogP contribution in [-0.2, 0) is 6.18 Å². The van der Waals surface area contributed by atoms with E-state index in [0.717, 1.165) is 17.7 Å². The summed E-state index contributed by atoms with van der Waals surface area (Å²) in [4.78, 5) is 0. The molecule has 2 aromatic carbocycles. The highest BCUT2D eigenvalue weighted by molar-refractivity contribution is 5.48. The van der Waals surface area contributed by atoms with Crippen LogP contribution in [0.3, 0.4) is 0 Å². The SMILES string of the molecule is CC(Nc1ccc(C(F)(F)F)cc1)c1ccc(N)cc1. The van der Waals surface area contributed by atoms with Gasteiger partial charge in [-0.1, -0.05) is 12.1 Å². The molecular weight excluding hydrogens is 265 g/mol. The van der Waals surface area contributed by atoms with Crippen molar-refractivity contribution in [1.82, 2.24) is 0 Å². The number of nitrogen functional groups attached to an aromatic ring is 1. The zero-order valence-corrected chi connectivity index (χ0v) is 10.9. The highest BCUT2D eigenvalue weighted by Gasteiger charge is 2.29. The normalized spacial score (nSPS) is 13.0. The Balaban J connectivity index is 2.08. The summed E-state index contributed by atoms with van der Waals surface area (Å²) in [5.41, 5.74) is 7.29. The Bertz CT molecular complexity index is 559. The van der Waals surface area contributed by atoms with Gasteiger partial charge in [0.25, 0.3) is 0 Å². The Labute approximate surface area is 115 Å². The van der Waals surface area contributed by atoms with E-state index < -0.39 is 11.7 Å². The zero-order valence-electron chi connectivity index (χ0n) is 10.9. The van der Waals surface area contributed by atoms with Crippen molar-refractivity contribution in [3.05, 3.63) is 59.7 Å². The van der Waals surface area contributed by atoms with Crippen molar-refractivity contribution in [2.75, 3.05) is 11.1 Å². The number of rotatable bonds is 3. The summed E-state index contributed by atoms with van der Waals surface area (Å²) >= 11 is 0. The predicted octanol–water partition coefficient (Wildman–Crippen LogP) is 4.46. The minimum Gasteiger partial charge on any atom is -0.399 e. The van der Waals surface area contributed by atoms with Gasteiger partial charge < -0.3 is 11.1 Å². The van der Waals surface area contributed by atoms with Crippen LogP contribution in [0.5, 0.6) is 0 Å². The molecule has 0 saturated carbocycles. The second-order valence-electron chi connectivity index (χ2n) is 4.61. The van der Waals surface area contributed by atoms with E-state index in [4.69, 9.17) is 5.73 Å². The van der Waals surface area contributed by atoms with Crippen LogP contribution in [0.15, 0.2) is 48.5 Å². The molecule has 106 valence electrons. The summed E-state index contributed by atoms with van der Waals surface area (Å²) in [6.07, 6.45) is -4.30. The average molecular weight is 280 g/mol. The molecule has 0 aliphatic carbocycles. The summed E-state index contributed by atoms with van der Waals surface area (Å²) in [6.45, 7) is 1.93. The fourth-order valence-corrected chi connectivity index (χ4v) is 1.87. The first-order valence-electron chi connectivity index (χ1n) is 6.15. The average Bonchev–Trinajstić information content (AvgIpc) is 2.39. The molecule has 0 heterocycles. The Morgan fingerprint density at radius 3 is 2.00 bits per heavy atom. The lowest BCUT2D eigenvalue weighted by Crippen LogP contribution is -2.08. The second-order valence-corrected chi connectivity index (χ2v) is 4.61. The van der Waals surface area contributed by atoms with E-state index in [1.54, 1.807) is 12.1 Å². The topological polar surface area (TPSA) is 38.0 Å². The highest BCUT2D eigenvalue weighted by atomic mass is 19.4. The maximum atomic E-state index is 12.5. The molecule has 1 atom stereocenters. The Morgan fingerprint density at radius 1 is 0.950 bits per heavy atom. The van der Waals surface area contributed by atoms with Gasteiger partial charge in [0.05, 0.1) is 5.56 Å². The monoisotopic (exact) mass is 280 g/mol. The number of benzene rings is 2. The molecule has 1 unspecified atom stereocenters. The lowest BCUT2D eigenvalue weighted by Gasteiger charge is -2.16. The highest BCUT2D eigenvalue weighted by Crippen LogP contribution is 2.30. The first kappa shape index (κ1) is 14.2. The minimum atomic E-state index is -4.30. The number of hydrogen-bond donors (Lipinski definition) is 2. The Morgan fingerprint density at radius 2 is 1.50 bits per heavy atom. The van der Waals surface area contributed by atoms with Gasteiger partial charge in [0.2, 0.25) is 0 Å². The predicted molar refractivity (Wildman–Crippen MR) is 74.3 cm³/mol. The molecule has 3 N–H and O–H groups in total. The fourth-order valence-electron chi connectivity index (χ4n) is 1.87. The van der Waals surface area contributed by atoms with Crippen LogP contribution in [0, 0.1) is 0 Å². The Kier molecular flexibility index (Phi) is 3.88. The van der Waals surface area contributed by atoms with Gasteiger partial charge in [-0.2, -0.15) is 13.2 Å². The van der Waals surface area contributed by atoms with Crippen molar-refractivity contribution in [1.29, 1.82) is 0 Å². The molecule has 0 aromatic heterocycles. The molecule has 0 aliphatic rings. The molecule has 0 radical (unpaired) electrons. The molecule has 0 amide bonds. The lowest BCUT2D eigenvalue weighted by atomic mass is 10.1. The van der Waals surface area contributed by atoms with Crippen molar-refractivity contribution in [3.8, 4) is 0 Å². The molecule has 0 saturated heterocycles. The smallest absolute Gasteiger partial charge is 0.399 e. The summed E-state index contributed by atoms with van der Waals surface area (Å²) in [5.74, 6) is 0. The zero-order chi connectivity index (χ0) is 14.8. The van der Waals surface area contributed by atoms with Crippen molar-refractivity contribution >= 4 is 11.4 Å². The molecule has 2 rings (SSSR count). The minimum absolute atomic E-state index is 0.0210. The van der Waals surface area contributed by atoms with Crippen LogP contribution < -0.4 is 11.1 Å². The molecular formula is C15H15F3N2. The number of nitrogens with two attached hydrogens (primary N) is 1. The van der Waals surface area contributed by atoms with E-state index in [1.165, 1.54) is 12.1 Å². The van der Waals surface area contributed by atoms with E-state index in [9.17, 15) is 13.2 Å². The van der Waals surface area contributed by atoms with Gasteiger partial charge in [-0.25, -0.2) is 0 Å². The van der Waals surface area contributed by atoms with Gasteiger partial charge in [0.15, 0.2) is 0 Å². The number of hydrogen-bond acceptors (Lipinski definition) is 2. The molecule has 0 spiro atoms. The third kappa shape index (κ3) is 3.44. The number of anilines is 2. The van der Waals surface area contributed by atoms with E-state index in [1.807, 2.05) is 19.1 Å². The van der Waals surface area contributed by atoms with Crippen LogP contribution in [0.25, 0.3) is 0 Å². The maximum Gasteiger partial charge on any atom is 0.416 e. The summed E-state index contributed by atoms with van der Waals surface area (Å²) < 4.78 is 37.4. The van der Waals surface area contributed by atoms with E-state index in [2.05, 4.69) is 5.32 Å². The molecule has 20 heavy (non-hydrogen) atoms. The van der Waals surface area contributed by atoms with Gasteiger partial charge in [0.1, 0.15) is 0 Å².